The molecule has 1 saturated heterocycles. The zero-order chi connectivity index (χ0) is 32.7. The quantitative estimate of drug-likeness (QED) is 0.166. The first-order chi connectivity index (χ1) is 21.5. The van der Waals surface area contributed by atoms with Gasteiger partial charge in [-0.3, -0.25) is 34.3 Å². The third-order valence-electron chi connectivity index (χ3n) is 6.81. The van der Waals surface area contributed by atoms with Crippen LogP contribution in [0.5, 0.6) is 0 Å². The molecule has 1 unspecified atom stereocenters. The van der Waals surface area contributed by atoms with Crippen molar-refractivity contribution in [2.75, 3.05) is 6.61 Å². The van der Waals surface area contributed by atoms with Gasteiger partial charge in [-0.15, -0.1) is 0 Å². The van der Waals surface area contributed by atoms with Gasteiger partial charge in [0, 0.05) is 24.6 Å². The zero-order valence-electron chi connectivity index (χ0n) is 24.5. The number of rotatable bonds is 12. The Morgan fingerprint density at radius 1 is 1.11 bits per heavy atom. The van der Waals surface area contributed by atoms with E-state index in [4.69, 9.17) is 18.9 Å². The van der Waals surface area contributed by atoms with Gasteiger partial charge in [0.1, 0.15) is 17.9 Å². The molecule has 1 aromatic heterocycles. The summed E-state index contributed by atoms with van der Waals surface area (Å²) in [6.45, 7) is 4.11. The Balaban J connectivity index is 1.77. The van der Waals surface area contributed by atoms with Crippen LogP contribution in [0.15, 0.2) is 64.2 Å². The van der Waals surface area contributed by atoms with Crippen molar-refractivity contribution in [3.05, 3.63) is 102 Å². The molecule has 1 aliphatic heterocycles. The molecule has 16 nitrogen and oxygen atoms in total. The predicted octanol–water partition coefficient (Wildman–Crippen LogP) is 1.31. The van der Waals surface area contributed by atoms with Crippen molar-refractivity contribution in [3.8, 4) is 0 Å². The number of nitro groups is 1. The van der Waals surface area contributed by atoms with Crippen LogP contribution in [0.2, 0.25) is 0 Å². The maximum Gasteiger partial charge on any atom is 0.347 e. The van der Waals surface area contributed by atoms with Gasteiger partial charge in [-0.25, -0.2) is 4.79 Å². The summed E-state index contributed by atoms with van der Waals surface area (Å²) in [7, 11) is 0. The van der Waals surface area contributed by atoms with E-state index in [9.17, 15) is 34.1 Å². The number of ether oxygens (including phenoxy) is 4. The van der Waals surface area contributed by atoms with Gasteiger partial charge in [0.25, 0.3) is 17.2 Å². The third-order valence-corrected chi connectivity index (χ3v) is 6.81. The molecule has 0 saturated carbocycles. The lowest BCUT2D eigenvalue weighted by molar-refractivity contribution is -0.384. The van der Waals surface area contributed by atoms with Gasteiger partial charge in [0.15, 0.2) is 12.3 Å². The Morgan fingerprint density at radius 2 is 1.80 bits per heavy atom. The van der Waals surface area contributed by atoms with Gasteiger partial charge < -0.3 is 24.3 Å². The summed E-state index contributed by atoms with van der Waals surface area (Å²) < 4.78 is 24.0. The minimum absolute atomic E-state index is 0.0226. The third kappa shape index (κ3) is 8.04. The number of aromatic amines is 1. The van der Waals surface area contributed by atoms with Crippen LogP contribution in [0.25, 0.3) is 0 Å². The molecule has 2 heterocycles. The fourth-order valence-electron chi connectivity index (χ4n) is 4.76. The molecular weight excluding hydrogens is 594 g/mol. The average molecular weight is 626 g/mol. The van der Waals surface area contributed by atoms with Gasteiger partial charge in [0.05, 0.1) is 30.6 Å². The molecule has 1 fully saturated rings. The molecule has 1 aliphatic rings. The van der Waals surface area contributed by atoms with E-state index < -0.39 is 71.0 Å². The lowest BCUT2D eigenvalue weighted by Crippen LogP contribution is -2.51. The smallest absolute Gasteiger partial charge is 0.347 e. The molecular formula is C29H31N5O11. The number of esters is 2. The summed E-state index contributed by atoms with van der Waals surface area (Å²) in [4.78, 5) is 75.9. The highest BCUT2D eigenvalue weighted by Gasteiger charge is 2.53. The number of hydrogen-bond acceptors (Lipinski definition) is 12. The van der Waals surface area contributed by atoms with Crippen molar-refractivity contribution in [1.82, 2.24) is 20.1 Å². The Kier molecular flexibility index (Phi) is 10.5. The maximum absolute atomic E-state index is 13.3. The number of carbonyl (C=O) groups is 3. The average Bonchev–Trinajstić information content (AvgIpc) is 3.35. The van der Waals surface area contributed by atoms with E-state index in [2.05, 4.69) is 15.4 Å². The molecule has 3 aromatic rings. The lowest BCUT2D eigenvalue weighted by Gasteiger charge is -2.29. The number of aromatic nitrogens is 3. The summed E-state index contributed by atoms with van der Waals surface area (Å²) in [5, 5.41) is 17.8. The molecule has 4 rings (SSSR count). The van der Waals surface area contributed by atoms with Gasteiger partial charge in [-0.1, -0.05) is 30.3 Å². The molecule has 238 valence electrons. The van der Waals surface area contributed by atoms with Crippen molar-refractivity contribution in [2.24, 2.45) is 0 Å². The van der Waals surface area contributed by atoms with E-state index in [0.29, 0.717) is 0 Å². The van der Waals surface area contributed by atoms with Gasteiger partial charge in [-0.2, -0.15) is 9.78 Å². The van der Waals surface area contributed by atoms with Gasteiger partial charge in [0.2, 0.25) is 0 Å². The van der Waals surface area contributed by atoms with Crippen LogP contribution < -0.4 is 16.6 Å². The van der Waals surface area contributed by atoms with Crippen LogP contribution in [-0.4, -0.2) is 68.5 Å². The number of non-ortho nitro benzene ring substituents is 1. The van der Waals surface area contributed by atoms with Crippen LogP contribution >= 0.6 is 0 Å². The van der Waals surface area contributed by atoms with Gasteiger partial charge >= 0.3 is 17.6 Å². The lowest BCUT2D eigenvalue weighted by atomic mass is 9.99. The van der Waals surface area contributed by atoms with Crippen molar-refractivity contribution >= 4 is 23.5 Å². The van der Waals surface area contributed by atoms with Crippen molar-refractivity contribution in [1.29, 1.82) is 0 Å². The minimum atomic E-state index is -1.45. The van der Waals surface area contributed by atoms with E-state index in [0.717, 1.165) is 29.3 Å². The van der Waals surface area contributed by atoms with Gasteiger partial charge in [-0.05, 0) is 31.5 Å². The highest BCUT2D eigenvalue weighted by Crippen LogP contribution is 2.36. The molecule has 1 amide bonds. The molecule has 5 atom stereocenters. The molecule has 45 heavy (non-hydrogen) atoms. The molecule has 2 aromatic carbocycles. The van der Waals surface area contributed by atoms with Crippen molar-refractivity contribution in [3.63, 3.8) is 0 Å². The number of carbonyl (C=O) groups excluding carboxylic acids is 3. The van der Waals surface area contributed by atoms with E-state index in [1.165, 1.54) is 19.1 Å². The van der Waals surface area contributed by atoms with Crippen LogP contribution in [0.1, 0.15) is 48.1 Å². The molecule has 0 spiro atoms. The minimum Gasteiger partial charge on any atom is -0.466 e. The largest absolute Gasteiger partial charge is 0.466 e. The Labute approximate surface area is 255 Å². The standard InChI is InChI=1S/C29H31N5O11/c1-4-42-22(36)14-21(30-27(38)19-10-12-20(13-11-19)34(40)41)23-24(43-15-18-8-6-5-7-9-18)25(44-17(3)35)28(45-23)33-29(39)31-26(37)16(2)32-33/h5-13,21,23-25,28H,4,14-15H2,1-3H3,(H,30,38)(H,31,37,39)/t21?,23-,24-,25+,28-/m0/s1. The number of nitro benzene ring substituents is 1. The molecule has 2 N–H and O–H groups in total. The van der Waals surface area contributed by atoms with E-state index in [-0.39, 0.29) is 30.2 Å². The topological polar surface area (TPSA) is 211 Å². The molecule has 0 radical (unpaired) electrons. The van der Waals surface area contributed by atoms with Crippen LogP contribution in [-0.2, 0) is 35.1 Å². The number of hydrogen-bond donors (Lipinski definition) is 2. The number of benzene rings is 2. The number of nitrogens with one attached hydrogen (secondary N) is 2. The Hall–Kier alpha value is -5.22. The monoisotopic (exact) mass is 625 g/mol. The maximum atomic E-state index is 13.3. The fraction of sp³-hybridized carbons (Fsp3) is 0.379. The molecule has 0 aliphatic carbocycles. The second kappa shape index (κ2) is 14.5. The van der Waals surface area contributed by atoms with Crippen LogP contribution in [0.3, 0.4) is 0 Å². The summed E-state index contributed by atoms with van der Waals surface area (Å²) in [5.41, 5.74) is -1.25. The van der Waals surface area contributed by atoms with Crippen LogP contribution in [0.4, 0.5) is 5.69 Å². The SMILES string of the molecule is CCOC(=O)CC(NC(=O)c1ccc([N+](=O)[O-])cc1)[C@@H]1O[C@H](n2nc(C)c(=O)[nH]c2=O)[C@H](OC(C)=O)[C@H]1OCc1ccccc1. The highest BCUT2D eigenvalue weighted by molar-refractivity contribution is 5.94. The van der Waals surface area contributed by atoms with Crippen LogP contribution in [0, 0.1) is 17.0 Å². The highest BCUT2D eigenvalue weighted by atomic mass is 16.6. The summed E-state index contributed by atoms with van der Waals surface area (Å²) in [6, 6.07) is 12.5. The summed E-state index contributed by atoms with van der Waals surface area (Å²) in [6.07, 6.45) is -5.68. The van der Waals surface area contributed by atoms with Crippen molar-refractivity contribution < 1.29 is 38.3 Å². The van der Waals surface area contributed by atoms with E-state index in [1.807, 2.05) is 6.07 Å². The molecule has 0 bridgehead atoms. The number of aryl methyl sites for hydroxylation is 1. The summed E-state index contributed by atoms with van der Waals surface area (Å²) in [5.74, 6) is -2.18. The van der Waals surface area contributed by atoms with E-state index >= 15 is 0 Å². The Bertz CT molecular complexity index is 1660. The second-order valence-corrected chi connectivity index (χ2v) is 10.0. The first-order valence-electron chi connectivity index (χ1n) is 13.9. The first-order valence-corrected chi connectivity index (χ1v) is 13.9. The molecule has 16 heteroatoms. The summed E-state index contributed by atoms with van der Waals surface area (Å²) >= 11 is 0. The predicted molar refractivity (Wildman–Crippen MR) is 154 cm³/mol. The zero-order valence-corrected chi connectivity index (χ0v) is 24.5. The first kappa shape index (κ1) is 32.7. The number of nitrogens with zero attached hydrogens (tertiary/aromatic N) is 3. The number of amides is 1. The van der Waals surface area contributed by atoms with E-state index in [1.54, 1.807) is 31.2 Å². The Morgan fingerprint density at radius 3 is 2.42 bits per heavy atom. The van der Waals surface area contributed by atoms with Crippen molar-refractivity contribution in [2.45, 2.75) is 64.4 Å². The fourth-order valence-corrected chi connectivity index (χ4v) is 4.76. The number of H-pyrrole nitrogens is 1. The normalized spacial score (nSPS) is 19.8. The second-order valence-electron chi connectivity index (χ2n) is 10.0.